The maximum atomic E-state index is 13.4. The van der Waals surface area contributed by atoms with Gasteiger partial charge in [-0.2, -0.15) is 0 Å². The van der Waals surface area contributed by atoms with Crippen molar-refractivity contribution in [2.75, 3.05) is 18.2 Å². The summed E-state index contributed by atoms with van der Waals surface area (Å²) in [4.78, 5) is 54.1. The van der Waals surface area contributed by atoms with Crippen molar-refractivity contribution in [1.82, 2.24) is 4.90 Å². The molecule has 2 unspecified atom stereocenters. The van der Waals surface area contributed by atoms with E-state index in [4.69, 9.17) is 4.74 Å². The maximum Gasteiger partial charge on any atom is 0.311 e. The minimum atomic E-state index is -0.570. The lowest BCUT2D eigenvalue weighted by atomic mass is 9.78. The van der Waals surface area contributed by atoms with Crippen LogP contribution < -0.4 is 4.90 Å². The molecule has 2 aliphatic heterocycles. The lowest BCUT2D eigenvalue weighted by Crippen LogP contribution is -2.43. The van der Waals surface area contributed by atoms with Crippen LogP contribution in [0.2, 0.25) is 0 Å². The molecule has 3 aliphatic rings. The molecule has 7 nitrogen and oxygen atoms in total. The minimum absolute atomic E-state index is 0.0441. The van der Waals surface area contributed by atoms with Gasteiger partial charge in [-0.05, 0) is 43.0 Å². The second kappa shape index (κ2) is 8.22. The van der Waals surface area contributed by atoms with Crippen LogP contribution in [0.25, 0.3) is 0 Å². The summed E-state index contributed by atoms with van der Waals surface area (Å²) < 4.78 is 5.42. The molecule has 0 saturated heterocycles. The molecule has 0 N–H and O–H groups in total. The Labute approximate surface area is 185 Å². The number of nitrogens with zero attached hydrogens (tertiary/aromatic N) is 2. The molecule has 3 amide bonds. The normalized spacial score (nSPS) is 22.0. The van der Waals surface area contributed by atoms with Crippen molar-refractivity contribution in [2.24, 2.45) is 11.8 Å². The molecular formula is C25H24N2O5. The van der Waals surface area contributed by atoms with Crippen molar-refractivity contribution in [3.63, 3.8) is 0 Å². The second-order valence-electron chi connectivity index (χ2n) is 8.54. The molecule has 2 atom stereocenters. The standard InChI is InChI=1S/C25H24N2O5/c28-22(26-14-13-16-7-1-6-12-21(16)26)19-10-4-5-11-20(19)25(31)32-15-27-23(29)17-8-2-3-9-18(17)24(27)30/h1-3,6-9,12,19-20H,4-5,10-11,13-15H2. The van der Waals surface area contributed by atoms with Crippen molar-refractivity contribution in [3.05, 3.63) is 65.2 Å². The number of para-hydroxylation sites is 1. The topological polar surface area (TPSA) is 84.0 Å². The van der Waals surface area contributed by atoms with Crippen LogP contribution in [0, 0.1) is 11.8 Å². The summed E-state index contributed by atoms with van der Waals surface area (Å²) >= 11 is 0. The van der Waals surface area contributed by atoms with Gasteiger partial charge in [0.2, 0.25) is 5.91 Å². The Hall–Kier alpha value is -3.48. The zero-order chi connectivity index (χ0) is 22.2. The molecule has 5 rings (SSSR count). The molecule has 1 saturated carbocycles. The third-order valence-electron chi connectivity index (χ3n) is 6.75. The van der Waals surface area contributed by atoms with E-state index in [1.165, 1.54) is 0 Å². The Morgan fingerprint density at radius 3 is 2.22 bits per heavy atom. The summed E-state index contributed by atoms with van der Waals surface area (Å²) in [6.07, 6.45) is 3.72. The molecule has 1 fully saturated rings. The number of ether oxygens (including phenoxy) is 1. The van der Waals surface area contributed by atoms with E-state index in [0.29, 0.717) is 30.5 Å². The van der Waals surface area contributed by atoms with Gasteiger partial charge in [-0.15, -0.1) is 0 Å². The fraction of sp³-hybridized carbons (Fsp3) is 0.360. The summed E-state index contributed by atoms with van der Waals surface area (Å²) in [6, 6.07) is 14.4. The summed E-state index contributed by atoms with van der Waals surface area (Å²) in [6.45, 7) is 0.181. The summed E-state index contributed by atoms with van der Waals surface area (Å²) in [5.74, 6) is -2.53. The first kappa shape index (κ1) is 20.4. The fourth-order valence-electron chi connectivity index (χ4n) is 5.07. The maximum absolute atomic E-state index is 13.4. The van der Waals surface area contributed by atoms with E-state index in [2.05, 4.69) is 0 Å². The van der Waals surface area contributed by atoms with E-state index in [9.17, 15) is 19.2 Å². The first-order valence-corrected chi connectivity index (χ1v) is 11.1. The van der Waals surface area contributed by atoms with Crippen molar-refractivity contribution in [1.29, 1.82) is 0 Å². The van der Waals surface area contributed by atoms with Gasteiger partial charge in [0.25, 0.3) is 11.8 Å². The van der Waals surface area contributed by atoms with Gasteiger partial charge < -0.3 is 9.64 Å². The Balaban J connectivity index is 1.27. The molecule has 0 bridgehead atoms. The lowest BCUT2D eigenvalue weighted by molar-refractivity contribution is -0.156. The number of amides is 3. The van der Waals surface area contributed by atoms with Gasteiger partial charge in [0.1, 0.15) is 0 Å². The van der Waals surface area contributed by atoms with Gasteiger partial charge in [0, 0.05) is 12.2 Å². The van der Waals surface area contributed by atoms with E-state index in [0.717, 1.165) is 35.4 Å². The van der Waals surface area contributed by atoms with Crippen LogP contribution in [0.1, 0.15) is 52.0 Å². The zero-order valence-electron chi connectivity index (χ0n) is 17.7. The average molecular weight is 432 g/mol. The fourth-order valence-corrected chi connectivity index (χ4v) is 5.07. The van der Waals surface area contributed by atoms with Gasteiger partial charge in [-0.1, -0.05) is 43.2 Å². The molecule has 2 aromatic carbocycles. The molecule has 32 heavy (non-hydrogen) atoms. The quantitative estimate of drug-likeness (QED) is 0.547. The summed E-state index contributed by atoms with van der Waals surface area (Å²) in [7, 11) is 0. The third-order valence-corrected chi connectivity index (χ3v) is 6.75. The van der Waals surface area contributed by atoms with Crippen molar-refractivity contribution in [3.8, 4) is 0 Å². The van der Waals surface area contributed by atoms with Crippen LogP contribution in [-0.4, -0.2) is 41.9 Å². The largest absolute Gasteiger partial charge is 0.443 e. The third kappa shape index (κ3) is 3.38. The summed E-state index contributed by atoms with van der Waals surface area (Å²) in [5, 5.41) is 0. The predicted molar refractivity (Wildman–Crippen MR) is 116 cm³/mol. The predicted octanol–water partition coefficient (Wildman–Crippen LogP) is 3.18. The molecule has 2 aromatic rings. The van der Waals surface area contributed by atoms with E-state index in [-0.39, 0.29) is 5.91 Å². The Morgan fingerprint density at radius 1 is 0.875 bits per heavy atom. The van der Waals surface area contributed by atoms with E-state index >= 15 is 0 Å². The van der Waals surface area contributed by atoms with E-state index in [1.807, 2.05) is 24.3 Å². The minimum Gasteiger partial charge on any atom is -0.443 e. The number of carbonyl (C=O) groups excluding carboxylic acids is 4. The second-order valence-corrected chi connectivity index (χ2v) is 8.54. The molecule has 1 aliphatic carbocycles. The van der Waals surface area contributed by atoms with Crippen molar-refractivity contribution < 1.29 is 23.9 Å². The Morgan fingerprint density at radius 2 is 1.50 bits per heavy atom. The SMILES string of the molecule is O=C(OCN1C(=O)c2ccccc2C1=O)C1CCCCC1C(=O)N1CCc2ccccc21. The van der Waals surface area contributed by atoms with Gasteiger partial charge in [0.15, 0.2) is 6.73 Å². The molecule has 0 aromatic heterocycles. The number of benzene rings is 2. The van der Waals surface area contributed by atoms with Crippen LogP contribution >= 0.6 is 0 Å². The van der Waals surface area contributed by atoms with Gasteiger partial charge in [0.05, 0.1) is 23.0 Å². The van der Waals surface area contributed by atoms with Gasteiger partial charge in [-0.3, -0.25) is 19.2 Å². The van der Waals surface area contributed by atoms with Crippen molar-refractivity contribution >= 4 is 29.4 Å². The van der Waals surface area contributed by atoms with Crippen LogP contribution in [0.15, 0.2) is 48.5 Å². The highest BCUT2D eigenvalue weighted by Crippen LogP contribution is 2.36. The van der Waals surface area contributed by atoms with Gasteiger partial charge >= 0.3 is 5.97 Å². The number of esters is 1. The molecule has 2 heterocycles. The first-order chi connectivity index (χ1) is 15.6. The first-order valence-electron chi connectivity index (χ1n) is 11.1. The molecule has 0 spiro atoms. The number of rotatable bonds is 4. The van der Waals surface area contributed by atoms with Crippen molar-refractivity contribution in [2.45, 2.75) is 32.1 Å². The zero-order valence-corrected chi connectivity index (χ0v) is 17.7. The highest BCUT2D eigenvalue weighted by molar-refractivity contribution is 6.21. The smallest absolute Gasteiger partial charge is 0.311 e. The van der Waals surface area contributed by atoms with Crippen LogP contribution in [0.5, 0.6) is 0 Å². The number of fused-ring (bicyclic) bond motifs is 2. The number of carbonyl (C=O) groups is 4. The van der Waals surface area contributed by atoms with E-state index in [1.54, 1.807) is 29.2 Å². The number of hydrogen-bond donors (Lipinski definition) is 0. The van der Waals surface area contributed by atoms with Crippen LogP contribution in [0.3, 0.4) is 0 Å². The Bertz CT molecular complexity index is 1080. The number of anilines is 1. The molecular weight excluding hydrogens is 408 g/mol. The average Bonchev–Trinajstić information content (AvgIpc) is 3.37. The van der Waals surface area contributed by atoms with E-state index < -0.39 is 36.4 Å². The monoisotopic (exact) mass is 432 g/mol. The number of hydrogen-bond acceptors (Lipinski definition) is 5. The summed E-state index contributed by atoms with van der Waals surface area (Å²) in [5.41, 5.74) is 2.68. The lowest BCUT2D eigenvalue weighted by Gasteiger charge is -2.32. The molecule has 0 radical (unpaired) electrons. The number of imide groups is 1. The van der Waals surface area contributed by atoms with Crippen LogP contribution in [0.4, 0.5) is 5.69 Å². The molecule has 7 heteroatoms. The molecule has 164 valence electrons. The van der Waals surface area contributed by atoms with Crippen LogP contribution in [-0.2, 0) is 20.7 Å². The van der Waals surface area contributed by atoms with Gasteiger partial charge in [-0.25, -0.2) is 4.90 Å². The Kier molecular flexibility index (Phi) is 5.25. The highest BCUT2D eigenvalue weighted by atomic mass is 16.5. The highest BCUT2D eigenvalue weighted by Gasteiger charge is 2.41.